The Hall–Kier alpha value is -3.67. The van der Waals surface area contributed by atoms with E-state index in [4.69, 9.17) is 10.1 Å². The number of hydrogen-bond acceptors (Lipinski definition) is 4. The van der Waals surface area contributed by atoms with E-state index in [9.17, 15) is 9.90 Å². The van der Waals surface area contributed by atoms with Crippen LogP contribution >= 0.6 is 0 Å². The van der Waals surface area contributed by atoms with E-state index in [1.807, 2.05) is 60.8 Å². The number of carboxylic acids is 1. The average Bonchev–Trinajstić information content (AvgIpc) is 3.10. The lowest BCUT2D eigenvalue weighted by molar-refractivity contribution is 0.0697. The van der Waals surface area contributed by atoms with Gasteiger partial charge in [0.1, 0.15) is 5.82 Å². The van der Waals surface area contributed by atoms with Gasteiger partial charge in [-0.25, -0.2) is 9.78 Å². The minimum atomic E-state index is -0.920. The van der Waals surface area contributed by atoms with Crippen LogP contribution in [-0.2, 0) is 12.8 Å². The number of fused-ring (bicyclic) bond motifs is 1. The molecule has 6 nitrogen and oxygen atoms in total. The Morgan fingerprint density at radius 3 is 2.45 bits per heavy atom. The van der Waals surface area contributed by atoms with Crippen LogP contribution in [0.15, 0.2) is 54.6 Å². The summed E-state index contributed by atoms with van der Waals surface area (Å²) in [5.41, 5.74) is 7.08. The molecule has 2 aromatic heterocycles. The van der Waals surface area contributed by atoms with E-state index in [1.54, 1.807) is 12.1 Å². The van der Waals surface area contributed by atoms with Crippen molar-refractivity contribution in [2.75, 3.05) is 19.0 Å². The molecule has 1 N–H and O–H groups in total. The molecule has 2 aromatic carbocycles. The minimum absolute atomic E-state index is 0.307. The smallest absolute Gasteiger partial charge is 0.336 e. The second-order valence-electron chi connectivity index (χ2n) is 7.89. The van der Waals surface area contributed by atoms with Crippen LogP contribution in [0.5, 0.6) is 0 Å². The lowest BCUT2D eigenvalue weighted by atomic mass is 9.97. The molecule has 0 aliphatic heterocycles. The second kappa shape index (κ2) is 8.22. The van der Waals surface area contributed by atoms with Gasteiger partial charge in [-0.3, -0.25) is 0 Å². The SMILES string of the molecule is CCc1nn2c(N(C)C)cc(C)nc2c1Cc1ccc(-c2ccccc2C(=O)O)cc1. The first-order chi connectivity index (χ1) is 14.9. The molecule has 0 atom stereocenters. The van der Waals surface area contributed by atoms with E-state index in [-0.39, 0.29) is 0 Å². The summed E-state index contributed by atoms with van der Waals surface area (Å²) >= 11 is 0. The number of aromatic nitrogens is 3. The van der Waals surface area contributed by atoms with E-state index < -0.39 is 5.97 Å². The van der Waals surface area contributed by atoms with Crippen molar-refractivity contribution in [1.29, 1.82) is 0 Å². The minimum Gasteiger partial charge on any atom is -0.478 e. The topological polar surface area (TPSA) is 70.7 Å². The summed E-state index contributed by atoms with van der Waals surface area (Å²) in [7, 11) is 4.02. The lowest BCUT2D eigenvalue weighted by Crippen LogP contribution is -2.14. The third kappa shape index (κ3) is 3.89. The first-order valence-corrected chi connectivity index (χ1v) is 10.4. The second-order valence-corrected chi connectivity index (χ2v) is 7.89. The molecular weight excluding hydrogens is 388 g/mol. The molecule has 0 aliphatic rings. The Bertz CT molecular complexity index is 1260. The molecule has 4 aromatic rings. The maximum atomic E-state index is 11.6. The van der Waals surface area contributed by atoms with Gasteiger partial charge >= 0.3 is 5.97 Å². The van der Waals surface area contributed by atoms with Gasteiger partial charge in [0.25, 0.3) is 0 Å². The molecule has 158 valence electrons. The lowest BCUT2D eigenvalue weighted by Gasteiger charge is -2.14. The maximum absolute atomic E-state index is 11.6. The zero-order chi connectivity index (χ0) is 22.1. The largest absolute Gasteiger partial charge is 0.478 e. The zero-order valence-corrected chi connectivity index (χ0v) is 18.3. The molecule has 0 saturated carbocycles. The number of hydrogen-bond donors (Lipinski definition) is 1. The molecular formula is C25H26N4O2. The van der Waals surface area contributed by atoms with Crippen LogP contribution in [-0.4, -0.2) is 39.8 Å². The van der Waals surface area contributed by atoms with Crippen molar-refractivity contribution in [2.24, 2.45) is 0 Å². The van der Waals surface area contributed by atoms with Gasteiger partial charge in [-0.15, -0.1) is 0 Å². The fraction of sp³-hybridized carbons (Fsp3) is 0.240. The van der Waals surface area contributed by atoms with Crippen molar-refractivity contribution in [3.63, 3.8) is 0 Å². The molecule has 2 heterocycles. The highest BCUT2D eigenvalue weighted by molar-refractivity contribution is 5.96. The first-order valence-electron chi connectivity index (χ1n) is 10.4. The maximum Gasteiger partial charge on any atom is 0.336 e. The van der Waals surface area contributed by atoms with Gasteiger partial charge in [0, 0.05) is 37.8 Å². The summed E-state index contributed by atoms with van der Waals surface area (Å²) in [5.74, 6) is 0.0841. The Morgan fingerprint density at radius 1 is 1.10 bits per heavy atom. The number of nitrogens with zero attached hydrogens (tertiary/aromatic N) is 4. The van der Waals surface area contributed by atoms with E-state index in [0.717, 1.165) is 57.9 Å². The number of carboxylic acid groups (broad SMARTS) is 1. The number of rotatable bonds is 6. The highest BCUT2D eigenvalue weighted by Gasteiger charge is 2.17. The first kappa shape index (κ1) is 20.6. The highest BCUT2D eigenvalue weighted by atomic mass is 16.4. The number of aryl methyl sites for hydroxylation is 2. The van der Waals surface area contributed by atoms with Crippen molar-refractivity contribution in [1.82, 2.24) is 14.6 Å². The zero-order valence-electron chi connectivity index (χ0n) is 18.3. The van der Waals surface area contributed by atoms with E-state index in [1.165, 1.54) is 0 Å². The van der Waals surface area contributed by atoms with Gasteiger partial charge in [0.05, 0.1) is 11.3 Å². The van der Waals surface area contributed by atoms with Crippen LogP contribution in [0, 0.1) is 6.92 Å². The number of anilines is 1. The molecule has 0 radical (unpaired) electrons. The Morgan fingerprint density at radius 2 is 1.81 bits per heavy atom. The van der Waals surface area contributed by atoms with Gasteiger partial charge in [0.15, 0.2) is 5.65 Å². The van der Waals surface area contributed by atoms with Crippen molar-refractivity contribution in [2.45, 2.75) is 26.7 Å². The predicted molar refractivity (Wildman–Crippen MR) is 123 cm³/mol. The van der Waals surface area contributed by atoms with Crippen LogP contribution in [0.4, 0.5) is 5.82 Å². The molecule has 0 spiro atoms. The van der Waals surface area contributed by atoms with Gasteiger partial charge in [-0.1, -0.05) is 49.4 Å². The summed E-state index contributed by atoms with van der Waals surface area (Å²) in [5, 5.41) is 14.3. The fourth-order valence-corrected chi connectivity index (χ4v) is 3.92. The molecule has 0 bridgehead atoms. The summed E-state index contributed by atoms with van der Waals surface area (Å²) < 4.78 is 1.93. The van der Waals surface area contributed by atoms with E-state index in [0.29, 0.717) is 5.56 Å². The molecule has 6 heteroatoms. The Balaban J connectivity index is 1.73. The normalized spacial score (nSPS) is 11.1. The van der Waals surface area contributed by atoms with Crippen LogP contribution in [0.1, 0.15) is 39.8 Å². The highest BCUT2D eigenvalue weighted by Crippen LogP contribution is 2.27. The standard InChI is InChI=1S/C25H26N4O2/c1-5-22-21(24-26-16(2)14-23(28(3)4)29(24)27-22)15-17-10-12-18(13-11-17)19-8-6-7-9-20(19)25(30)31/h6-14H,5,15H2,1-4H3,(H,30,31). The van der Waals surface area contributed by atoms with Crippen LogP contribution in [0.2, 0.25) is 0 Å². The van der Waals surface area contributed by atoms with Crippen LogP contribution in [0.25, 0.3) is 16.8 Å². The quantitative estimate of drug-likeness (QED) is 0.498. The van der Waals surface area contributed by atoms with Gasteiger partial charge in [-0.05, 0) is 36.1 Å². The Kier molecular flexibility index (Phi) is 5.46. The van der Waals surface area contributed by atoms with Crippen molar-refractivity contribution < 1.29 is 9.90 Å². The summed E-state index contributed by atoms with van der Waals surface area (Å²) in [4.78, 5) is 18.4. The van der Waals surface area contributed by atoms with Crippen LogP contribution in [0.3, 0.4) is 0 Å². The number of benzene rings is 2. The Labute approximate surface area is 181 Å². The van der Waals surface area contributed by atoms with Crippen LogP contribution < -0.4 is 4.90 Å². The summed E-state index contributed by atoms with van der Waals surface area (Å²) in [6.45, 7) is 4.11. The molecule has 0 amide bonds. The van der Waals surface area contributed by atoms with E-state index in [2.05, 4.69) is 19.1 Å². The molecule has 4 rings (SSSR count). The molecule has 0 fully saturated rings. The van der Waals surface area contributed by atoms with Gasteiger partial charge in [-0.2, -0.15) is 9.61 Å². The van der Waals surface area contributed by atoms with E-state index >= 15 is 0 Å². The fourth-order valence-electron chi connectivity index (χ4n) is 3.92. The van der Waals surface area contributed by atoms with Crippen molar-refractivity contribution in [3.8, 4) is 11.1 Å². The van der Waals surface area contributed by atoms with Crippen molar-refractivity contribution in [3.05, 3.63) is 82.7 Å². The molecule has 0 saturated heterocycles. The number of carbonyl (C=O) groups is 1. The third-order valence-corrected chi connectivity index (χ3v) is 5.47. The summed E-state index contributed by atoms with van der Waals surface area (Å²) in [6, 6.07) is 17.2. The van der Waals surface area contributed by atoms with Gasteiger partial charge in [0.2, 0.25) is 0 Å². The third-order valence-electron chi connectivity index (χ3n) is 5.47. The average molecular weight is 415 g/mol. The summed E-state index contributed by atoms with van der Waals surface area (Å²) in [6.07, 6.45) is 1.55. The molecule has 0 aliphatic carbocycles. The molecule has 0 unspecified atom stereocenters. The number of aromatic carboxylic acids is 1. The monoisotopic (exact) mass is 414 g/mol. The van der Waals surface area contributed by atoms with Gasteiger partial charge < -0.3 is 10.0 Å². The molecule has 31 heavy (non-hydrogen) atoms. The van der Waals surface area contributed by atoms with Crippen molar-refractivity contribution >= 4 is 17.4 Å². The predicted octanol–water partition coefficient (Wildman–Crippen LogP) is 4.62.